The van der Waals surface area contributed by atoms with Crippen LogP contribution in [0, 0.1) is 0 Å². The number of carbonyl (C=O) groups excluding carboxylic acids is 1. The van der Waals surface area contributed by atoms with Gasteiger partial charge < -0.3 is 14.5 Å². The van der Waals surface area contributed by atoms with Crippen LogP contribution in [-0.2, 0) is 4.79 Å². The summed E-state index contributed by atoms with van der Waals surface area (Å²) >= 11 is 1.75. The van der Waals surface area contributed by atoms with Crippen molar-refractivity contribution in [1.82, 2.24) is 9.80 Å². The van der Waals surface area contributed by atoms with Crippen LogP contribution in [0.4, 0.5) is 5.69 Å². The highest BCUT2D eigenvalue weighted by Gasteiger charge is 2.29. The van der Waals surface area contributed by atoms with E-state index in [9.17, 15) is 4.79 Å². The first kappa shape index (κ1) is 19.4. The van der Waals surface area contributed by atoms with E-state index in [-0.39, 0.29) is 0 Å². The standard InChI is InChI=1S/C20H31N3O2S/c1-25-19-7-5-17(6-8-19)21-11-13-22(14-12-21)18-4-3-10-23(16-18)20(24)9-15-26-2/h5-8,18H,3-4,9-16H2,1-2H3/t18-/m0/s1. The lowest BCUT2D eigenvalue weighted by Crippen LogP contribution is -2.55. The average molecular weight is 378 g/mol. The zero-order valence-electron chi connectivity index (χ0n) is 16.0. The first-order chi connectivity index (χ1) is 12.7. The molecule has 0 spiro atoms. The van der Waals surface area contributed by atoms with Crippen LogP contribution in [0.2, 0.25) is 0 Å². The van der Waals surface area contributed by atoms with Crippen LogP contribution in [0.1, 0.15) is 19.3 Å². The molecule has 0 unspecified atom stereocenters. The Labute approximate surface area is 161 Å². The molecule has 0 aliphatic carbocycles. The summed E-state index contributed by atoms with van der Waals surface area (Å²) in [5, 5.41) is 0. The van der Waals surface area contributed by atoms with Gasteiger partial charge in [0.2, 0.25) is 5.91 Å². The van der Waals surface area contributed by atoms with Gasteiger partial charge in [0.25, 0.3) is 0 Å². The van der Waals surface area contributed by atoms with Gasteiger partial charge in [-0.05, 0) is 43.4 Å². The SMILES string of the molecule is COc1ccc(N2CCN([C@H]3CCCN(C(=O)CCSC)C3)CC2)cc1. The molecule has 2 heterocycles. The van der Waals surface area contributed by atoms with E-state index in [1.807, 2.05) is 12.1 Å². The molecule has 0 radical (unpaired) electrons. The van der Waals surface area contributed by atoms with Crippen molar-refractivity contribution in [1.29, 1.82) is 0 Å². The van der Waals surface area contributed by atoms with Gasteiger partial charge in [0, 0.05) is 63.2 Å². The van der Waals surface area contributed by atoms with E-state index in [2.05, 4.69) is 33.1 Å². The van der Waals surface area contributed by atoms with Crippen molar-refractivity contribution >= 4 is 23.4 Å². The quantitative estimate of drug-likeness (QED) is 0.761. The zero-order valence-corrected chi connectivity index (χ0v) is 16.8. The summed E-state index contributed by atoms with van der Waals surface area (Å²) in [5.41, 5.74) is 1.27. The molecule has 26 heavy (non-hydrogen) atoms. The van der Waals surface area contributed by atoms with Crippen LogP contribution in [0.5, 0.6) is 5.75 Å². The Balaban J connectivity index is 1.50. The molecule has 1 atom stereocenters. The van der Waals surface area contributed by atoms with E-state index in [0.717, 1.165) is 57.2 Å². The molecule has 6 heteroatoms. The van der Waals surface area contributed by atoms with Gasteiger partial charge in [0.1, 0.15) is 5.75 Å². The fourth-order valence-electron chi connectivity index (χ4n) is 3.97. The molecule has 0 aromatic heterocycles. The number of piperazine rings is 1. The van der Waals surface area contributed by atoms with E-state index in [1.165, 1.54) is 12.1 Å². The van der Waals surface area contributed by atoms with Crippen LogP contribution < -0.4 is 9.64 Å². The van der Waals surface area contributed by atoms with E-state index in [4.69, 9.17) is 4.74 Å². The number of benzene rings is 1. The highest BCUT2D eigenvalue weighted by molar-refractivity contribution is 7.98. The molecule has 1 aromatic rings. The third kappa shape index (κ3) is 4.86. The minimum absolute atomic E-state index is 0.334. The molecule has 2 aliphatic heterocycles. The number of amides is 1. The number of anilines is 1. The smallest absolute Gasteiger partial charge is 0.223 e. The van der Waals surface area contributed by atoms with Crippen LogP contribution in [0.15, 0.2) is 24.3 Å². The normalized spacial score (nSPS) is 21.7. The Hall–Kier alpha value is -1.40. The van der Waals surface area contributed by atoms with Gasteiger partial charge in [-0.2, -0.15) is 11.8 Å². The Morgan fingerprint density at radius 3 is 2.54 bits per heavy atom. The maximum Gasteiger partial charge on any atom is 0.223 e. The molecular formula is C20H31N3O2S. The number of ether oxygens (including phenoxy) is 1. The Bertz CT molecular complexity index is 573. The molecule has 2 saturated heterocycles. The van der Waals surface area contributed by atoms with Gasteiger partial charge in [-0.25, -0.2) is 0 Å². The first-order valence-corrected chi connectivity index (χ1v) is 11.0. The highest BCUT2D eigenvalue weighted by Crippen LogP contribution is 2.23. The Morgan fingerprint density at radius 1 is 1.15 bits per heavy atom. The summed E-state index contributed by atoms with van der Waals surface area (Å²) in [6, 6.07) is 8.87. The topological polar surface area (TPSA) is 36.0 Å². The second kappa shape index (κ2) is 9.51. The first-order valence-electron chi connectivity index (χ1n) is 9.61. The molecule has 0 bridgehead atoms. The number of carbonyl (C=O) groups is 1. The van der Waals surface area contributed by atoms with Gasteiger partial charge >= 0.3 is 0 Å². The molecule has 5 nitrogen and oxygen atoms in total. The van der Waals surface area contributed by atoms with Crippen molar-refractivity contribution in [2.45, 2.75) is 25.3 Å². The zero-order chi connectivity index (χ0) is 18.4. The number of thioether (sulfide) groups is 1. The molecule has 0 N–H and O–H groups in total. The second-order valence-corrected chi connectivity index (χ2v) is 8.09. The van der Waals surface area contributed by atoms with Crippen molar-refractivity contribution in [3.05, 3.63) is 24.3 Å². The average Bonchev–Trinajstić information content (AvgIpc) is 2.72. The van der Waals surface area contributed by atoms with Crippen molar-refractivity contribution in [3.8, 4) is 5.75 Å². The van der Waals surface area contributed by atoms with E-state index >= 15 is 0 Å². The minimum Gasteiger partial charge on any atom is -0.497 e. The molecule has 2 fully saturated rings. The molecule has 1 aromatic carbocycles. The van der Waals surface area contributed by atoms with Crippen LogP contribution in [0.25, 0.3) is 0 Å². The fourth-order valence-corrected chi connectivity index (χ4v) is 4.34. The predicted octanol–water partition coefficient (Wildman–Crippen LogP) is 2.56. The van der Waals surface area contributed by atoms with E-state index in [0.29, 0.717) is 18.4 Å². The largest absolute Gasteiger partial charge is 0.497 e. The number of methoxy groups -OCH3 is 1. The molecule has 1 amide bonds. The number of rotatable bonds is 6. The summed E-state index contributed by atoms with van der Waals surface area (Å²) in [4.78, 5) is 19.5. The van der Waals surface area contributed by atoms with Crippen molar-refractivity contribution in [2.24, 2.45) is 0 Å². The monoisotopic (exact) mass is 377 g/mol. The molecule has 3 rings (SSSR count). The van der Waals surface area contributed by atoms with Crippen molar-refractivity contribution in [2.75, 3.05) is 63.3 Å². The molecule has 0 saturated carbocycles. The lowest BCUT2D eigenvalue weighted by Gasteiger charge is -2.44. The third-order valence-corrected chi connectivity index (χ3v) is 6.15. The van der Waals surface area contributed by atoms with Crippen molar-refractivity contribution < 1.29 is 9.53 Å². The van der Waals surface area contributed by atoms with Crippen LogP contribution in [-0.4, -0.2) is 80.1 Å². The molecule has 144 valence electrons. The van der Waals surface area contributed by atoms with Gasteiger partial charge in [0.05, 0.1) is 7.11 Å². The van der Waals surface area contributed by atoms with Gasteiger partial charge in [-0.15, -0.1) is 0 Å². The Morgan fingerprint density at radius 2 is 1.88 bits per heavy atom. The molecule has 2 aliphatic rings. The van der Waals surface area contributed by atoms with Gasteiger partial charge in [-0.1, -0.05) is 0 Å². The van der Waals surface area contributed by atoms with Crippen LogP contribution >= 0.6 is 11.8 Å². The number of likely N-dealkylation sites (tertiary alicyclic amines) is 1. The predicted molar refractivity (Wildman–Crippen MR) is 109 cm³/mol. The summed E-state index contributed by atoms with van der Waals surface area (Å²) < 4.78 is 5.25. The highest BCUT2D eigenvalue weighted by atomic mass is 32.2. The number of hydrogen-bond donors (Lipinski definition) is 0. The van der Waals surface area contributed by atoms with E-state index in [1.54, 1.807) is 18.9 Å². The summed E-state index contributed by atoms with van der Waals surface area (Å²) in [7, 11) is 1.70. The fraction of sp³-hybridized carbons (Fsp3) is 0.650. The van der Waals surface area contributed by atoms with Crippen LogP contribution in [0.3, 0.4) is 0 Å². The summed E-state index contributed by atoms with van der Waals surface area (Å²) in [6.07, 6.45) is 5.09. The van der Waals surface area contributed by atoms with Crippen molar-refractivity contribution in [3.63, 3.8) is 0 Å². The lowest BCUT2D eigenvalue weighted by molar-refractivity contribution is -0.132. The third-order valence-electron chi connectivity index (χ3n) is 5.54. The maximum atomic E-state index is 12.4. The number of nitrogens with zero attached hydrogens (tertiary/aromatic N) is 3. The number of piperidine rings is 1. The molecular weight excluding hydrogens is 346 g/mol. The second-order valence-electron chi connectivity index (χ2n) is 7.10. The van der Waals surface area contributed by atoms with E-state index < -0.39 is 0 Å². The van der Waals surface area contributed by atoms with Gasteiger partial charge in [-0.3, -0.25) is 9.69 Å². The lowest BCUT2D eigenvalue weighted by atomic mass is 10.0. The van der Waals surface area contributed by atoms with Gasteiger partial charge in [0.15, 0.2) is 0 Å². The summed E-state index contributed by atoms with van der Waals surface area (Å²) in [5.74, 6) is 2.17. The number of hydrogen-bond acceptors (Lipinski definition) is 5. The summed E-state index contributed by atoms with van der Waals surface area (Å²) in [6.45, 7) is 6.09. The minimum atomic E-state index is 0.334. The Kier molecular flexibility index (Phi) is 7.08. The maximum absolute atomic E-state index is 12.4.